The summed E-state index contributed by atoms with van der Waals surface area (Å²) in [5.41, 5.74) is 7.48. The van der Waals surface area contributed by atoms with Crippen LogP contribution >= 0.6 is 0 Å². The van der Waals surface area contributed by atoms with Gasteiger partial charge in [0.2, 0.25) is 5.92 Å². The molecule has 6 nitrogen and oxygen atoms in total. The minimum atomic E-state index is -2.55. The molecule has 0 spiro atoms. The molecule has 0 radical (unpaired) electrons. The lowest BCUT2D eigenvalue weighted by Crippen LogP contribution is -2.45. The maximum atomic E-state index is 13.9. The fourth-order valence-corrected chi connectivity index (χ4v) is 5.62. The van der Waals surface area contributed by atoms with E-state index in [1.54, 1.807) is 4.68 Å². The van der Waals surface area contributed by atoms with Gasteiger partial charge in [0.15, 0.2) is 0 Å². The first kappa shape index (κ1) is 22.9. The standard InChI is InChI=1S/C24H29B2F2N5O/c1-13-18(11-32(4)30-13)19-12-33(24(25,26)17-5-7-23(27,28)8-6-17)20-9-16(10-29-22(19)20)21-14(2)31-34-15(21)3/h9-12,17H,5-8,25-26H2,1-4H3. The van der Waals surface area contributed by atoms with Crippen LogP contribution in [0.25, 0.3) is 33.3 Å². The predicted molar refractivity (Wildman–Crippen MR) is 134 cm³/mol. The number of pyridine rings is 1. The summed E-state index contributed by atoms with van der Waals surface area (Å²) in [6.07, 6.45) is 6.88. The van der Waals surface area contributed by atoms with E-state index >= 15 is 0 Å². The molecule has 0 atom stereocenters. The Balaban J connectivity index is 1.71. The van der Waals surface area contributed by atoms with Gasteiger partial charge in [0, 0.05) is 60.7 Å². The second kappa shape index (κ2) is 7.82. The van der Waals surface area contributed by atoms with Crippen molar-refractivity contribution in [3.8, 4) is 22.3 Å². The number of rotatable bonds is 4. The zero-order chi connectivity index (χ0) is 24.4. The van der Waals surface area contributed by atoms with Crippen molar-refractivity contribution in [2.45, 2.75) is 57.7 Å². The highest BCUT2D eigenvalue weighted by Crippen LogP contribution is 2.44. The number of aryl methyl sites for hydroxylation is 4. The average molecular weight is 463 g/mol. The largest absolute Gasteiger partial charge is 0.361 e. The summed E-state index contributed by atoms with van der Waals surface area (Å²) in [4.78, 5) is 4.90. The van der Waals surface area contributed by atoms with Crippen LogP contribution in [-0.4, -0.2) is 46.1 Å². The first-order chi connectivity index (χ1) is 16.0. The van der Waals surface area contributed by atoms with Crippen LogP contribution in [0, 0.1) is 26.7 Å². The van der Waals surface area contributed by atoms with Crippen molar-refractivity contribution in [2.75, 3.05) is 0 Å². The summed E-state index contributed by atoms with van der Waals surface area (Å²) < 4.78 is 37.3. The number of halogens is 2. The van der Waals surface area contributed by atoms with E-state index in [4.69, 9.17) is 9.51 Å². The Kier molecular flexibility index (Phi) is 5.26. The smallest absolute Gasteiger partial charge is 0.248 e. The molecule has 0 amide bonds. The fourth-order valence-electron chi connectivity index (χ4n) is 5.62. The Labute approximate surface area is 199 Å². The minimum Gasteiger partial charge on any atom is -0.361 e. The highest BCUT2D eigenvalue weighted by atomic mass is 19.3. The van der Waals surface area contributed by atoms with Gasteiger partial charge in [0.05, 0.1) is 22.4 Å². The van der Waals surface area contributed by atoms with E-state index in [2.05, 4.69) is 42.8 Å². The minimum absolute atomic E-state index is 0.0581. The number of alkyl halides is 2. The van der Waals surface area contributed by atoms with E-state index in [0.717, 1.165) is 50.4 Å². The van der Waals surface area contributed by atoms with Crippen molar-refractivity contribution < 1.29 is 13.3 Å². The lowest BCUT2D eigenvalue weighted by molar-refractivity contribution is -0.0498. The van der Waals surface area contributed by atoms with Gasteiger partial charge in [0.25, 0.3) is 0 Å². The second-order valence-electron chi connectivity index (χ2n) is 10.3. The van der Waals surface area contributed by atoms with Gasteiger partial charge in [-0.05, 0) is 50.9 Å². The van der Waals surface area contributed by atoms with Crippen LogP contribution in [0.1, 0.15) is 42.8 Å². The van der Waals surface area contributed by atoms with Gasteiger partial charge < -0.3 is 9.09 Å². The Morgan fingerprint density at radius 3 is 2.38 bits per heavy atom. The molecule has 4 heterocycles. The molecule has 5 rings (SSSR count). The van der Waals surface area contributed by atoms with Crippen LogP contribution in [0.3, 0.4) is 0 Å². The van der Waals surface area contributed by atoms with Crippen LogP contribution in [0.15, 0.2) is 29.2 Å². The molecular weight excluding hydrogens is 434 g/mol. The molecule has 10 heteroatoms. The van der Waals surface area contributed by atoms with E-state index in [9.17, 15) is 8.78 Å². The molecule has 0 saturated heterocycles. The monoisotopic (exact) mass is 463 g/mol. The summed E-state index contributed by atoms with van der Waals surface area (Å²) >= 11 is 0. The maximum Gasteiger partial charge on any atom is 0.248 e. The lowest BCUT2D eigenvalue weighted by atomic mass is 9.52. The first-order valence-corrected chi connectivity index (χ1v) is 11.8. The van der Waals surface area contributed by atoms with Gasteiger partial charge in [-0.25, -0.2) is 8.78 Å². The maximum absolute atomic E-state index is 13.9. The van der Waals surface area contributed by atoms with Crippen molar-refractivity contribution in [3.63, 3.8) is 0 Å². The Morgan fingerprint density at radius 2 is 1.79 bits per heavy atom. The van der Waals surface area contributed by atoms with Crippen LogP contribution in [0.2, 0.25) is 0 Å². The zero-order valence-electron chi connectivity index (χ0n) is 20.6. The number of hydrogen-bond acceptors (Lipinski definition) is 4. The SMILES string of the molecule is BC(B)(C1CCC(F)(F)CC1)n1cc(-c2cn(C)nc2C)c2ncc(-c3c(C)noc3C)cc21. The van der Waals surface area contributed by atoms with Gasteiger partial charge in [-0.3, -0.25) is 9.67 Å². The highest BCUT2D eigenvalue weighted by molar-refractivity contribution is 6.38. The quantitative estimate of drug-likeness (QED) is 0.433. The van der Waals surface area contributed by atoms with Crippen molar-refractivity contribution in [2.24, 2.45) is 13.0 Å². The van der Waals surface area contributed by atoms with Crippen molar-refractivity contribution in [3.05, 3.63) is 41.8 Å². The molecule has 1 saturated carbocycles. The molecule has 1 aliphatic carbocycles. The van der Waals surface area contributed by atoms with Gasteiger partial charge in [-0.2, -0.15) is 5.10 Å². The summed E-state index contributed by atoms with van der Waals surface area (Å²) in [6.45, 7) is 5.81. The van der Waals surface area contributed by atoms with E-state index in [0.29, 0.717) is 12.8 Å². The Hall–Kier alpha value is -2.90. The summed E-state index contributed by atoms with van der Waals surface area (Å²) in [5, 5.41) is 8.26. The summed E-state index contributed by atoms with van der Waals surface area (Å²) in [6, 6.07) is 2.13. The molecule has 0 aromatic carbocycles. The molecule has 0 N–H and O–H groups in total. The normalized spacial score (nSPS) is 17.0. The van der Waals surface area contributed by atoms with Crippen molar-refractivity contribution in [1.29, 1.82) is 0 Å². The van der Waals surface area contributed by atoms with Crippen molar-refractivity contribution >= 4 is 26.7 Å². The molecule has 0 bridgehead atoms. The molecule has 1 aliphatic rings. The van der Waals surface area contributed by atoms with E-state index in [1.165, 1.54) is 0 Å². The predicted octanol–water partition coefficient (Wildman–Crippen LogP) is 3.72. The van der Waals surface area contributed by atoms with E-state index in [1.807, 2.05) is 40.2 Å². The molecule has 4 aromatic heterocycles. The Bertz CT molecular complexity index is 1360. The zero-order valence-corrected chi connectivity index (χ0v) is 20.6. The fraction of sp³-hybridized carbons (Fsp3) is 0.458. The second-order valence-corrected chi connectivity index (χ2v) is 10.3. The third-order valence-electron chi connectivity index (χ3n) is 7.60. The molecule has 34 heavy (non-hydrogen) atoms. The number of fused-ring (bicyclic) bond motifs is 1. The third-order valence-corrected chi connectivity index (χ3v) is 7.60. The van der Waals surface area contributed by atoms with E-state index in [-0.39, 0.29) is 24.1 Å². The first-order valence-electron chi connectivity index (χ1n) is 11.8. The van der Waals surface area contributed by atoms with Crippen LogP contribution in [0.5, 0.6) is 0 Å². The summed E-state index contributed by atoms with van der Waals surface area (Å²) in [7, 11) is 6.22. The highest BCUT2D eigenvalue weighted by Gasteiger charge is 2.41. The molecule has 0 unspecified atom stereocenters. The summed E-state index contributed by atoms with van der Waals surface area (Å²) in [5.74, 6) is -1.68. The molecule has 4 aromatic rings. The molecular formula is C24H29B2F2N5O. The van der Waals surface area contributed by atoms with Gasteiger partial charge in [0.1, 0.15) is 21.5 Å². The number of hydrogen-bond donors (Lipinski definition) is 0. The van der Waals surface area contributed by atoms with Crippen LogP contribution in [-0.2, 0) is 12.4 Å². The number of aromatic nitrogens is 5. The van der Waals surface area contributed by atoms with Crippen LogP contribution in [0.4, 0.5) is 8.78 Å². The topological polar surface area (TPSA) is 61.7 Å². The molecule has 0 aliphatic heterocycles. The number of nitrogens with zero attached hydrogens (tertiary/aromatic N) is 5. The third kappa shape index (κ3) is 3.67. The van der Waals surface area contributed by atoms with Gasteiger partial charge in [-0.15, -0.1) is 0 Å². The molecule has 1 fully saturated rings. The lowest BCUT2D eigenvalue weighted by Gasteiger charge is -2.41. The Morgan fingerprint density at radius 1 is 1.09 bits per heavy atom. The van der Waals surface area contributed by atoms with Gasteiger partial charge in [-0.1, -0.05) is 5.16 Å². The molecule has 176 valence electrons. The van der Waals surface area contributed by atoms with Gasteiger partial charge >= 0.3 is 0 Å². The van der Waals surface area contributed by atoms with Crippen molar-refractivity contribution in [1.82, 2.24) is 24.5 Å². The van der Waals surface area contributed by atoms with Crippen LogP contribution < -0.4 is 0 Å². The average Bonchev–Trinajstić information content (AvgIpc) is 3.41. The van der Waals surface area contributed by atoms with E-state index < -0.39 is 5.92 Å².